The summed E-state index contributed by atoms with van der Waals surface area (Å²) in [7, 11) is -3.36. The molecule has 0 radical (unpaired) electrons. The highest BCUT2D eigenvalue weighted by molar-refractivity contribution is 7.90. The Balaban J connectivity index is 1.55. The lowest BCUT2D eigenvalue weighted by atomic mass is 9.98. The summed E-state index contributed by atoms with van der Waals surface area (Å²) < 4.78 is 26.1. The van der Waals surface area contributed by atoms with Crippen LogP contribution in [0.3, 0.4) is 0 Å². The molecule has 7 heteroatoms. The van der Waals surface area contributed by atoms with Crippen LogP contribution in [0.1, 0.15) is 11.1 Å². The van der Waals surface area contributed by atoms with E-state index in [0.717, 1.165) is 23.2 Å². The highest BCUT2D eigenvalue weighted by Crippen LogP contribution is 2.26. The van der Waals surface area contributed by atoms with E-state index in [4.69, 9.17) is 0 Å². The van der Waals surface area contributed by atoms with Crippen molar-refractivity contribution in [3.8, 4) is 11.1 Å². The fourth-order valence-electron chi connectivity index (χ4n) is 3.34. The predicted molar refractivity (Wildman–Crippen MR) is 118 cm³/mol. The summed E-state index contributed by atoms with van der Waals surface area (Å²) in [6, 6.07) is 19.7. The zero-order valence-corrected chi connectivity index (χ0v) is 17.4. The van der Waals surface area contributed by atoms with Crippen molar-refractivity contribution in [1.29, 1.82) is 0 Å². The lowest BCUT2D eigenvalue weighted by Gasteiger charge is -2.13. The molecule has 30 heavy (non-hydrogen) atoms. The summed E-state index contributed by atoms with van der Waals surface area (Å²) in [5, 5.41) is 3.19. The Morgan fingerprint density at radius 1 is 0.967 bits per heavy atom. The topological polar surface area (TPSA) is 76.9 Å². The van der Waals surface area contributed by atoms with Crippen LogP contribution in [0.25, 0.3) is 11.1 Å². The maximum absolute atomic E-state index is 12.0. The van der Waals surface area contributed by atoms with E-state index in [0.29, 0.717) is 12.4 Å². The highest BCUT2D eigenvalue weighted by Gasteiger charge is 2.14. The van der Waals surface area contributed by atoms with Gasteiger partial charge in [0, 0.05) is 37.9 Å². The van der Waals surface area contributed by atoms with Gasteiger partial charge in [-0.1, -0.05) is 48.5 Å². The van der Waals surface area contributed by atoms with Crippen molar-refractivity contribution in [1.82, 2.24) is 14.5 Å². The molecule has 4 aromatic rings. The molecule has 0 spiro atoms. The third-order valence-corrected chi connectivity index (χ3v) is 5.95. The van der Waals surface area contributed by atoms with E-state index in [9.17, 15) is 8.42 Å². The number of benzene rings is 2. The molecule has 2 aromatic carbocycles. The summed E-state index contributed by atoms with van der Waals surface area (Å²) in [6.07, 6.45) is 8.29. The van der Waals surface area contributed by atoms with Crippen LogP contribution in [0.4, 0.5) is 5.82 Å². The van der Waals surface area contributed by atoms with Gasteiger partial charge in [0.15, 0.2) is 9.84 Å². The lowest BCUT2D eigenvalue weighted by molar-refractivity contribution is 0.601. The molecule has 0 bridgehead atoms. The normalized spacial score (nSPS) is 11.4. The second kappa shape index (κ2) is 8.51. The zero-order chi connectivity index (χ0) is 21.0. The number of hydrogen-bond acceptors (Lipinski definition) is 5. The van der Waals surface area contributed by atoms with E-state index in [1.807, 2.05) is 29.0 Å². The SMILES string of the molecule is CS(=O)(=O)c1cccnc1NCc1ccccc1-c1ccc(Cn2ccnc2)cc1. The Hall–Kier alpha value is -3.45. The Morgan fingerprint density at radius 2 is 1.77 bits per heavy atom. The minimum Gasteiger partial charge on any atom is -0.365 e. The molecule has 0 amide bonds. The van der Waals surface area contributed by atoms with Gasteiger partial charge < -0.3 is 9.88 Å². The molecule has 0 aliphatic heterocycles. The van der Waals surface area contributed by atoms with E-state index < -0.39 is 9.84 Å². The van der Waals surface area contributed by atoms with Crippen molar-refractivity contribution in [2.75, 3.05) is 11.6 Å². The van der Waals surface area contributed by atoms with Crippen LogP contribution in [-0.4, -0.2) is 29.2 Å². The van der Waals surface area contributed by atoms with E-state index >= 15 is 0 Å². The zero-order valence-electron chi connectivity index (χ0n) is 16.6. The quantitative estimate of drug-likeness (QED) is 0.491. The first-order valence-corrected chi connectivity index (χ1v) is 11.4. The average Bonchev–Trinajstić information content (AvgIpc) is 3.26. The Morgan fingerprint density at radius 3 is 2.50 bits per heavy atom. The number of rotatable bonds is 7. The maximum Gasteiger partial charge on any atom is 0.179 e. The van der Waals surface area contributed by atoms with Crippen LogP contribution in [0.15, 0.2) is 90.5 Å². The van der Waals surface area contributed by atoms with Crippen LogP contribution >= 0.6 is 0 Å². The molecule has 4 rings (SSSR count). The molecule has 2 aromatic heterocycles. The minimum atomic E-state index is -3.36. The third kappa shape index (κ3) is 4.58. The fourth-order valence-corrected chi connectivity index (χ4v) is 4.14. The maximum atomic E-state index is 12.0. The van der Waals surface area contributed by atoms with Gasteiger partial charge in [-0.2, -0.15) is 0 Å². The van der Waals surface area contributed by atoms with Crippen molar-refractivity contribution in [3.05, 3.63) is 96.7 Å². The molecular formula is C23H22N4O2S. The minimum absolute atomic E-state index is 0.200. The van der Waals surface area contributed by atoms with Crippen LogP contribution in [0.2, 0.25) is 0 Å². The molecule has 1 N–H and O–H groups in total. The number of imidazole rings is 1. The van der Waals surface area contributed by atoms with Gasteiger partial charge in [0.2, 0.25) is 0 Å². The van der Waals surface area contributed by atoms with E-state index in [1.165, 1.54) is 11.8 Å². The van der Waals surface area contributed by atoms with Crippen molar-refractivity contribution in [2.24, 2.45) is 0 Å². The summed E-state index contributed by atoms with van der Waals surface area (Å²) in [5.74, 6) is 0.366. The van der Waals surface area contributed by atoms with Gasteiger partial charge in [-0.25, -0.2) is 18.4 Å². The molecule has 0 unspecified atom stereocenters. The fraction of sp³-hybridized carbons (Fsp3) is 0.130. The molecule has 152 valence electrons. The van der Waals surface area contributed by atoms with Gasteiger partial charge in [0.1, 0.15) is 10.7 Å². The number of pyridine rings is 1. The van der Waals surface area contributed by atoms with Crippen LogP contribution < -0.4 is 5.32 Å². The lowest BCUT2D eigenvalue weighted by Crippen LogP contribution is -2.08. The summed E-state index contributed by atoms with van der Waals surface area (Å²) in [4.78, 5) is 8.49. The van der Waals surface area contributed by atoms with Crippen LogP contribution in [0, 0.1) is 0 Å². The highest BCUT2D eigenvalue weighted by atomic mass is 32.2. The smallest absolute Gasteiger partial charge is 0.179 e. The average molecular weight is 419 g/mol. The molecule has 6 nitrogen and oxygen atoms in total. The predicted octanol–water partition coefficient (Wildman–Crippen LogP) is 4.01. The summed E-state index contributed by atoms with van der Waals surface area (Å²) >= 11 is 0. The van der Waals surface area contributed by atoms with Gasteiger partial charge >= 0.3 is 0 Å². The monoisotopic (exact) mass is 418 g/mol. The number of anilines is 1. The summed E-state index contributed by atoms with van der Waals surface area (Å²) in [6.45, 7) is 1.24. The van der Waals surface area contributed by atoms with Crippen molar-refractivity contribution in [3.63, 3.8) is 0 Å². The number of sulfone groups is 1. The molecule has 0 saturated carbocycles. The van der Waals surface area contributed by atoms with Gasteiger partial charge in [-0.05, 0) is 34.4 Å². The second-order valence-corrected chi connectivity index (χ2v) is 9.05. The second-order valence-electron chi connectivity index (χ2n) is 7.06. The molecule has 0 fully saturated rings. The van der Waals surface area contributed by atoms with Crippen LogP contribution in [-0.2, 0) is 22.9 Å². The van der Waals surface area contributed by atoms with Gasteiger partial charge in [0.25, 0.3) is 0 Å². The van der Waals surface area contributed by atoms with Gasteiger partial charge in [-0.15, -0.1) is 0 Å². The van der Waals surface area contributed by atoms with Crippen molar-refractivity contribution in [2.45, 2.75) is 18.0 Å². The molecule has 0 atom stereocenters. The standard InChI is InChI=1S/C23H22N4O2S/c1-30(28,29)22-7-4-12-25-23(22)26-15-20-5-2-3-6-21(20)19-10-8-18(9-11-19)16-27-14-13-24-17-27/h2-14,17H,15-16H2,1H3,(H,25,26). The van der Waals surface area contributed by atoms with Gasteiger partial charge in [0.05, 0.1) is 6.33 Å². The Bertz CT molecular complexity index is 1230. The molecular weight excluding hydrogens is 396 g/mol. The molecule has 2 heterocycles. The summed E-state index contributed by atoms with van der Waals surface area (Å²) in [5.41, 5.74) is 4.45. The first-order valence-electron chi connectivity index (χ1n) is 9.52. The van der Waals surface area contributed by atoms with E-state index in [-0.39, 0.29) is 4.90 Å². The Kier molecular flexibility index (Phi) is 5.63. The number of aromatic nitrogens is 3. The van der Waals surface area contributed by atoms with Crippen LogP contribution in [0.5, 0.6) is 0 Å². The number of hydrogen-bond donors (Lipinski definition) is 1. The molecule has 0 aliphatic rings. The van der Waals surface area contributed by atoms with Gasteiger partial charge in [-0.3, -0.25) is 0 Å². The largest absolute Gasteiger partial charge is 0.365 e. The first kappa shape index (κ1) is 19.8. The molecule has 0 aliphatic carbocycles. The van der Waals surface area contributed by atoms with Crippen molar-refractivity contribution < 1.29 is 8.42 Å². The third-order valence-electron chi connectivity index (χ3n) is 4.82. The first-order chi connectivity index (χ1) is 14.5. The van der Waals surface area contributed by atoms with Crippen molar-refractivity contribution >= 4 is 15.7 Å². The van der Waals surface area contributed by atoms with E-state index in [1.54, 1.807) is 30.9 Å². The number of nitrogens with one attached hydrogen (secondary N) is 1. The van der Waals surface area contributed by atoms with E-state index in [2.05, 4.69) is 45.6 Å². The molecule has 0 saturated heterocycles. The number of nitrogens with zero attached hydrogens (tertiary/aromatic N) is 3. The Labute approximate surface area is 176 Å².